The van der Waals surface area contributed by atoms with E-state index in [9.17, 15) is 0 Å². The van der Waals surface area contributed by atoms with Crippen LogP contribution in [0.15, 0.2) is 47.5 Å². The molecule has 2 aromatic rings. The number of nitrogens with one attached hydrogen (secondary N) is 1. The van der Waals surface area contributed by atoms with Crippen molar-refractivity contribution < 1.29 is 14.2 Å². The summed E-state index contributed by atoms with van der Waals surface area (Å²) in [6.45, 7) is 3.65. The van der Waals surface area contributed by atoms with Crippen molar-refractivity contribution in [3.8, 4) is 17.2 Å². The molecule has 0 saturated heterocycles. The van der Waals surface area contributed by atoms with Crippen LogP contribution in [0.5, 0.6) is 17.2 Å². The summed E-state index contributed by atoms with van der Waals surface area (Å²) in [7, 11) is 0. The van der Waals surface area contributed by atoms with Crippen LogP contribution in [-0.2, 0) is 0 Å². The maximum atomic E-state index is 5.97. The van der Waals surface area contributed by atoms with E-state index in [2.05, 4.69) is 10.3 Å². The Kier molecular flexibility index (Phi) is 8.30. The van der Waals surface area contributed by atoms with Crippen LogP contribution in [0.1, 0.15) is 13.3 Å². The topological polar surface area (TPSA) is 78.1 Å². The van der Waals surface area contributed by atoms with Crippen LogP contribution in [0.25, 0.3) is 0 Å². The monoisotopic (exact) mass is 503 g/mol. The molecule has 146 valence electrons. The summed E-state index contributed by atoms with van der Waals surface area (Å²) in [6.07, 6.45) is 0.743. The first kappa shape index (κ1) is 21.4. The quantitative estimate of drug-likeness (QED) is 0.361. The lowest BCUT2D eigenvalue weighted by molar-refractivity contribution is 0.230. The van der Waals surface area contributed by atoms with E-state index in [-0.39, 0.29) is 30.1 Å². The number of nitrogens with two attached hydrogens (primary N) is 1. The van der Waals surface area contributed by atoms with Crippen molar-refractivity contribution in [3.63, 3.8) is 0 Å². The molecule has 3 N–H and O–H groups in total. The van der Waals surface area contributed by atoms with E-state index in [0.29, 0.717) is 36.5 Å². The lowest BCUT2D eigenvalue weighted by Gasteiger charge is -2.14. The second-order valence-electron chi connectivity index (χ2n) is 5.95. The number of aliphatic imine (C=N–C) groups is 1. The highest BCUT2D eigenvalue weighted by molar-refractivity contribution is 14.0. The van der Waals surface area contributed by atoms with Gasteiger partial charge in [0, 0.05) is 23.2 Å². The lowest BCUT2D eigenvalue weighted by Crippen LogP contribution is -2.25. The molecule has 3 rings (SSSR count). The molecule has 0 saturated carbocycles. The van der Waals surface area contributed by atoms with Crippen LogP contribution in [0.4, 0.5) is 5.69 Å². The van der Waals surface area contributed by atoms with Crippen molar-refractivity contribution in [1.82, 2.24) is 0 Å². The van der Waals surface area contributed by atoms with Crippen LogP contribution in [0, 0.1) is 0 Å². The van der Waals surface area contributed by atoms with E-state index in [4.69, 9.17) is 31.5 Å². The van der Waals surface area contributed by atoms with E-state index in [0.717, 1.165) is 23.6 Å². The van der Waals surface area contributed by atoms with Gasteiger partial charge in [0.1, 0.15) is 11.9 Å². The normalized spacial score (nSPS) is 14.5. The fraction of sp³-hybridized carbons (Fsp3) is 0.316. The van der Waals surface area contributed by atoms with Crippen molar-refractivity contribution in [1.29, 1.82) is 0 Å². The number of hydrogen-bond acceptors (Lipinski definition) is 4. The summed E-state index contributed by atoms with van der Waals surface area (Å²) in [5, 5.41) is 3.73. The fourth-order valence-electron chi connectivity index (χ4n) is 2.44. The molecule has 8 heteroatoms. The fourth-order valence-corrected chi connectivity index (χ4v) is 2.56. The molecule has 2 aromatic carbocycles. The van der Waals surface area contributed by atoms with Gasteiger partial charge in [-0.15, -0.1) is 24.0 Å². The smallest absolute Gasteiger partial charge is 0.193 e. The van der Waals surface area contributed by atoms with E-state index in [1.54, 1.807) is 12.1 Å². The first-order valence-corrected chi connectivity index (χ1v) is 8.87. The lowest BCUT2D eigenvalue weighted by atomic mass is 10.3. The second-order valence-corrected chi connectivity index (χ2v) is 6.38. The van der Waals surface area contributed by atoms with Crippen molar-refractivity contribution >= 4 is 47.2 Å². The molecule has 1 atom stereocenters. The maximum absolute atomic E-state index is 5.97. The van der Waals surface area contributed by atoms with Gasteiger partial charge in [-0.05, 0) is 43.3 Å². The highest BCUT2D eigenvalue weighted by Gasteiger charge is 2.11. The molecule has 6 nitrogen and oxygen atoms in total. The van der Waals surface area contributed by atoms with Crippen LogP contribution in [0.3, 0.4) is 0 Å². The first-order chi connectivity index (χ1) is 12.6. The Hall–Kier alpha value is -1.87. The molecule has 0 bridgehead atoms. The summed E-state index contributed by atoms with van der Waals surface area (Å²) < 4.78 is 17.1. The molecule has 0 amide bonds. The Labute approximate surface area is 181 Å². The number of fused-ring (bicyclic) bond motifs is 1. The van der Waals surface area contributed by atoms with Gasteiger partial charge < -0.3 is 25.3 Å². The SMILES string of the molecule is CC(CN=C(N)Nc1ccc2c(c1)OCCCO2)Oc1ccc(Cl)cc1.I. The van der Waals surface area contributed by atoms with Gasteiger partial charge in [0.25, 0.3) is 0 Å². The molecule has 0 aliphatic carbocycles. The molecule has 1 heterocycles. The minimum absolute atomic E-state index is 0. The second kappa shape index (κ2) is 10.5. The van der Waals surface area contributed by atoms with Crippen molar-refractivity contribution in [3.05, 3.63) is 47.5 Å². The highest BCUT2D eigenvalue weighted by Crippen LogP contribution is 2.32. The zero-order valence-corrected chi connectivity index (χ0v) is 18.1. The molecule has 0 fully saturated rings. The van der Waals surface area contributed by atoms with E-state index in [1.807, 2.05) is 37.3 Å². The Morgan fingerprint density at radius 3 is 2.63 bits per heavy atom. The van der Waals surface area contributed by atoms with Crippen molar-refractivity contribution in [2.24, 2.45) is 10.7 Å². The summed E-state index contributed by atoms with van der Waals surface area (Å²) in [4.78, 5) is 4.32. The third-order valence-electron chi connectivity index (χ3n) is 3.69. The molecule has 0 aromatic heterocycles. The standard InChI is InChI=1S/C19H22ClN3O3.HI/c1-13(26-16-6-3-14(20)4-7-16)12-22-19(21)23-15-5-8-17-18(11-15)25-10-2-9-24-17;/h3-8,11,13H,2,9-10,12H2,1H3,(H3,21,22,23);1H. The van der Waals surface area contributed by atoms with Gasteiger partial charge in [-0.25, -0.2) is 4.99 Å². The van der Waals surface area contributed by atoms with E-state index < -0.39 is 0 Å². The summed E-state index contributed by atoms with van der Waals surface area (Å²) in [5.41, 5.74) is 6.76. The Bertz CT molecular complexity index is 771. The van der Waals surface area contributed by atoms with Crippen LogP contribution in [0.2, 0.25) is 5.02 Å². The largest absolute Gasteiger partial charge is 0.490 e. The van der Waals surface area contributed by atoms with E-state index in [1.165, 1.54) is 0 Å². The van der Waals surface area contributed by atoms with Crippen LogP contribution in [-0.4, -0.2) is 31.8 Å². The van der Waals surface area contributed by atoms with Crippen LogP contribution < -0.4 is 25.3 Å². The molecule has 1 aliphatic heterocycles. The summed E-state index contributed by atoms with van der Waals surface area (Å²) in [6, 6.07) is 12.8. The van der Waals surface area contributed by atoms with E-state index >= 15 is 0 Å². The number of rotatable bonds is 5. The van der Waals surface area contributed by atoms with Crippen molar-refractivity contribution in [2.45, 2.75) is 19.4 Å². The Morgan fingerprint density at radius 2 is 1.89 bits per heavy atom. The number of nitrogens with zero attached hydrogens (tertiary/aromatic N) is 1. The third kappa shape index (κ3) is 6.66. The zero-order chi connectivity index (χ0) is 18.4. The van der Waals surface area contributed by atoms with Gasteiger partial charge in [-0.3, -0.25) is 0 Å². The number of benzene rings is 2. The van der Waals surface area contributed by atoms with Crippen molar-refractivity contribution in [2.75, 3.05) is 25.1 Å². The number of halogens is 2. The van der Waals surface area contributed by atoms with Gasteiger partial charge in [-0.1, -0.05) is 11.6 Å². The molecule has 1 unspecified atom stereocenters. The first-order valence-electron chi connectivity index (χ1n) is 8.49. The number of anilines is 1. The third-order valence-corrected chi connectivity index (χ3v) is 3.94. The molecule has 0 spiro atoms. The average molecular weight is 504 g/mol. The van der Waals surface area contributed by atoms with Crippen LogP contribution >= 0.6 is 35.6 Å². The highest BCUT2D eigenvalue weighted by atomic mass is 127. The van der Waals surface area contributed by atoms with Gasteiger partial charge in [0.2, 0.25) is 0 Å². The predicted octanol–water partition coefficient (Wildman–Crippen LogP) is 4.31. The van der Waals surface area contributed by atoms with Gasteiger partial charge in [0.05, 0.1) is 19.8 Å². The molecule has 1 aliphatic rings. The molecule has 27 heavy (non-hydrogen) atoms. The summed E-state index contributed by atoms with van der Waals surface area (Å²) >= 11 is 5.86. The number of ether oxygens (including phenoxy) is 3. The Morgan fingerprint density at radius 1 is 1.19 bits per heavy atom. The minimum Gasteiger partial charge on any atom is -0.490 e. The maximum Gasteiger partial charge on any atom is 0.193 e. The number of hydrogen-bond donors (Lipinski definition) is 2. The number of guanidine groups is 1. The minimum atomic E-state index is -0.125. The molecular weight excluding hydrogens is 481 g/mol. The Balaban J connectivity index is 0.00000261. The molecular formula is C19H23ClIN3O3. The molecule has 0 radical (unpaired) electrons. The zero-order valence-electron chi connectivity index (χ0n) is 15.0. The van der Waals surface area contributed by atoms with Gasteiger partial charge in [0.15, 0.2) is 17.5 Å². The average Bonchev–Trinajstić information content (AvgIpc) is 2.87. The van der Waals surface area contributed by atoms with Gasteiger partial charge in [-0.2, -0.15) is 0 Å². The predicted molar refractivity (Wildman–Crippen MR) is 119 cm³/mol. The summed E-state index contributed by atoms with van der Waals surface area (Å²) in [5.74, 6) is 2.51. The van der Waals surface area contributed by atoms with Gasteiger partial charge >= 0.3 is 0 Å².